The molecule has 16 heavy (non-hydrogen) atoms. The third kappa shape index (κ3) is 1.77. The summed E-state index contributed by atoms with van der Waals surface area (Å²) in [5.74, 6) is 0. The van der Waals surface area contributed by atoms with Crippen LogP contribution in [0.15, 0.2) is 12.5 Å². The van der Waals surface area contributed by atoms with E-state index in [1.54, 1.807) is 0 Å². The molecule has 0 radical (unpaired) electrons. The summed E-state index contributed by atoms with van der Waals surface area (Å²) >= 11 is 0. The molecule has 0 spiro atoms. The second kappa shape index (κ2) is 3.88. The van der Waals surface area contributed by atoms with Gasteiger partial charge in [0.25, 0.3) is 0 Å². The van der Waals surface area contributed by atoms with Crippen LogP contribution in [0.1, 0.15) is 50.8 Å². The summed E-state index contributed by atoms with van der Waals surface area (Å²) in [6.45, 7) is 4.66. The maximum Gasteiger partial charge on any atom is 0.0948 e. The van der Waals surface area contributed by atoms with E-state index in [0.717, 1.165) is 6.54 Å². The summed E-state index contributed by atoms with van der Waals surface area (Å²) in [7, 11) is 0. The Morgan fingerprint density at radius 1 is 1.56 bits per heavy atom. The molecular weight excluding hydrogens is 198 g/mol. The van der Waals surface area contributed by atoms with Gasteiger partial charge < -0.3 is 9.88 Å². The number of imidazole rings is 1. The van der Waals surface area contributed by atoms with Crippen molar-refractivity contribution in [1.82, 2.24) is 14.9 Å². The maximum absolute atomic E-state index is 4.34. The van der Waals surface area contributed by atoms with Crippen molar-refractivity contribution in [3.8, 4) is 0 Å². The Morgan fingerprint density at radius 2 is 2.44 bits per heavy atom. The van der Waals surface area contributed by atoms with Crippen molar-refractivity contribution in [2.45, 2.75) is 51.6 Å². The van der Waals surface area contributed by atoms with Gasteiger partial charge in [0.15, 0.2) is 0 Å². The highest BCUT2D eigenvalue weighted by Crippen LogP contribution is 2.50. The Hall–Kier alpha value is -0.830. The Bertz CT molecular complexity index is 359. The lowest BCUT2D eigenvalue weighted by Crippen LogP contribution is -2.19. The van der Waals surface area contributed by atoms with Crippen molar-refractivity contribution in [3.05, 3.63) is 18.2 Å². The molecule has 0 amide bonds. The Labute approximate surface area is 97.3 Å². The maximum atomic E-state index is 4.34. The van der Waals surface area contributed by atoms with E-state index in [-0.39, 0.29) is 0 Å². The minimum atomic E-state index is 0.551. The molecule has 1 N–H and O–H groups in total. The second-order valence-electron chi connectivity index (χ2n) is 5.45. The summed E-state index contributed by atoms with van der Waals surface area (Å²) in [6.07, 6.45) is 10.8. The van der Waals surface area contributed by atoms with Crippen LogP contribution in [-0.4, -0.2) is 16.1 Å². The predicted molar refractivity (Wildman–Crippen MR) is 64.2 cm³/mol. The third-order valence-electron chi connectivity index (χ3n) is 4.37. The lowest BCUT2D eigenvalue weighted by atomic mass is 10.0. The molecule has 1 aliphatic carbocycles. The Kier molecular flexibility index (Phi) is 2.51. The lowest BCUT2D eigenvalue weighted by Gasteiger charge is -2.18. The van der Waals surface area contributed by atoms with E-state index in [9.17, 15) is 0 Å². The molecule has 1 aliphatic heterocycles. The van der Waals surface area contributed by atoms with Gasteiger partial charge in [0.2, 0.25) is 0 Å². The summed E-state index contributed by atoms with van der Waals surface area (Å²) in [4.78, 5) is 4.34. The number of hydrogen-bond donors (Lipinski definition) is 1. The molecule has 2 heterocycles. The first-order valence-electron chi connectivity index (χ1n) is 6.56. The zero-order valence-electron chi connectivity index (χ0n) is 10.1. The normalized spacial score (nSPS) is 27.2. The Balaban J connectivity index is 1.77. The van der Waals surface area contributed by atoms with Crippen molar-refractivity contribution >= 4 is 0 Å². The van der Waals surface area contributed by atoms with Gasteiger partial charge in [-0.3, -0.25) is 0 Å². The fourth-order valence-electron chi connectivity index (χ4n) is 2.85. The van der Waals surface area contributed by atoms with Gasteiger partial charge in [-0.05, 0) is 44.1 Å². The van der Waals surface area contributed by atoms with E-state index in [1.807, 2.05) is 6.33 Å². The average Bonchev–Trinajstić information content (AvgIpc) is 2.71. The van der Waals surface area contributed by atoms with E-state index in [1.165, 1.54) is 44.3 Å². The van der Waals surface area contributed by atoms with Crippen LogP contribution in [0.3, 0.4) is 0 Å². The topological polar surface area (TPSA) is 29.9 Å². The molecule has 0 bridgehead atoms. The van der Waals surface area contributed by atoms with Crippen LogP contribution < -0.4 is 5.32 Å². The summed E-state index contributed by atoms with van der Waals surface area (Å²) < 4.78 is 2.39. The molecule has 1 saturated heterocycles. The lowest BCUT2D eigenvalue weighted by molar-refractivity contribution is 0.393. The fraction of sp³-hybridized carbons (Fsp3) is 0.769. The number of nitrogens with one attached hydrogen (secondary N) is 1. The molecular formula is C13H21N3. The van der Waals surface area contributed by atoms with Gasteiger partial charge in [-0.2, -0.15) is 0 Å². The Morgan fingerprint density at radius 3 is 3.06 bits per heavy atom. The number of hydrogen-bond acceptors (Lipinski definition) is 2. The first kappa shape index (κ1) is 10.3. The first-order valence-corrected chi connectivity index (χ1v) is 6.56. The van der Waals surface area contributed by atoms with Gasteiger partial charge in [0.05, 0.1) is 12.0 Å². The van der Waals surface area contributed by atoms with Crippen LogP contribution in [0.25, 0.3) is 0 Å². The van der Waals surface area contributed by atoms with Crippen molar-refractivity contribution in [2.75, 3.05) is 6.54 Å². The van der Waals surface area contributed by atoms with Crippen LogP contribution >= 0.6 is 0 Å². The molecule has 3 rings (SSSR count). The van der Waals surface area contributed by atoms with Gasteiger partial charge in [0, 0.05) is 18.8 Å². The fourth-order valence-corrected chi connectivity index (χ4v) is 2.85. The zero-order valence-corrected chi connectivity index (χ0v) is 10.1. The minimum absolute atomic E-state index is 0.551. The molecule has 0 aromatic carbocycles. The smallest absolute Gasteiger partial charge is 0.0948 e. The molecule has 0 unspecified atom stereocenters. The van der Waals surface area contributed by atoms with Crippen LogP contribution in [0.5, 0.6) is 0 Å². The highest BCUT2D eigenvalue weighted by molar-refractivity contribution is 5.09. The van der Waals surface area contributed by atoms with Gasteiger partial charge in [-0.25, -0.2) is 4.98 Å². The quantitative estimate of drug-likeness (QED) is 0.843. The van der Waals surface area contributed by atoms with Gasteiger partial charge in [0.1, 0.15) is 0 Å². The van der Waals surface area contributed by atoms with Crippen LogP contribution in [-0.2, 0) is 6.54 Å². The van der Waals surface area contributed by atoms with Crippen LogP contribution in [0.2, 0.25) is 0 Å². The van der Waals surface area contributed by atoms with E-state index < -0.39 is 0 Å². The van der Waals surface area contributed by atoms with Crippen molar-refractivity contribution in [3.63, 3.8) is 0 Å². The number of nitrogens with zero attached hydrogens (tertiary/aromatic N) is 2. The van der Waals surface area contributed by atoms with Crippen LogP contribution in [0, 0.1) is 5.41 Å². The SMILES string of the molecule is CCC1(Cn2cncc2[C@@H]2CCCN2)CC1. The van der Waals surface area contributed by atoms with Crippen molar-refractivity contribution < 1.29 is 0 Å². The molecule has 2 aliphatic rings. The van der Waals surface area contributed by atoms with Crippen molar-refractivity contribution in [2.24, 2.45) is 5.41 Å². The van der Waals surface area contributed by atoms with Crippen molar-refractivity contribution in [1.29, 1.82) is 0 Å². The summed E-state index contributed by atoms with van der Waals surface area (Å²) in [5, 5.41) is 3.56. The van der Waals surface area contributed by atoms with E-state index >= 15 is 0 Å². The van der Waals surface area contributed by atoms with E-state index in [4.69, 9.17) is 0 Å². The highest BCUT2D eigenvalue weighted by atomic mass is 15.1. The van der Waals surface area contributed by atoms with Gasteiger partial charge >= 0.3 is 0 Å². The largest absolute Gasteiger partial charge is 0.333 e. The summed E-state index contributed by atoms with van der Waals surface area (Å²) in [6, 6.07) is 0.551. The van der Waals surface area contributed by atoms with E-state index in [0.29, 0.717) is 11.5 Å². The molecule has 88 valence electrons. The second-order valence-corrected chi connectivity index (χ2v) is 5.45. The minimum Gasteiger partial charge on any atom is -0.333 e. The third-order valence-corrected chi connectivity index (χ3v) is 4.37. The molecule has 1 saturated carbocycles. The average molecular weight is 219 g/mol. The first-order chi connectivity index (χ1) is 7.83. The zero-order chi connectivity index (χ0) is 11.0. The van der Waals surface area contributed by atoms with Gasteiger partial charge in [-0.1, -0.05) is 6.92 Å². The van der Waals surface area contributed by atoms with Crippen LogP contribution in [0.4, 0.5) is 0 Å². The standard InChI is InChI=1S/C13H21N3/c1-2-13(5-6-13)9-16-10-14-8-12(16)11-4-3-7-15-11/h8,10-11,15H,2-7,9H2,1H3/t11-/m0/s1. The molecule has 1 aromatic heterocycles. The molecule has 1 aromatic rings. The van der Waals surface area contributed by atoms with E-state index in [2.05, 4.69) is 28.0 Å². The predicted octanol–water partition coefficient (Wildman–Crippen LogP) is 2.50. The molecule has 3 heteroatoms. The molecule has 3 nitrogen and oxygen atoms in total. The molecule has 1 atom stereocenters. The van der Waals surface area contributed by atoms with Gasteiger partial charge in [-0.15, -0.1) is 0 Å². The monoisotopic (exact) mass is 219 g/mol. The molecule has 2 fully saturated rings. The number of aromatic nitrogens is 2. The number of rotatable bonds is 4. The summed E-state index contributed by atoms with van der Waals surface area (Å²) in [5.41, 5.74) is 2.01. The highest BCUT2D eigenvalue weighted by Gasteiger charge is 2.41.